The average Bonchev–Trinajstić information content (AvgIpc) is 2.97. The molecule has 1 N–H and O–H groups in total. The van der Waals surface area contributed by atoms with Gasteiger partial charge >= 0.3 is 0 Å². The van der Waals surface area contributed by atoms with Crippen LogP contribution in [0.5, 0.6) is 0 Å². The van der Waals surface area contributed by atoms with E-state index in [-0.39, 0.29) is 5.95 Å². The van der Waals surface area contributed by atoms with Crippen molar-refractivity contribution in [1.29, 1.82) is 0 Å². The van der Waals surface area contributed by atoms with Gasteiger partial charge < -0.3 is 5.32 Å². The van der Waals surface area contributed by atoms with Crippen LogP contribution in [0.15, 0.2) is 42.6 Å². The Balaban J connectivity index is 1.45. The zero-order chi connectivity index (χ0) is 12.8. The van der Waals surface area contributed by atoms with Crippen LogP contribution in [0.4, 0.5) is 4.39 Å². The molecule has 0 radical (unpaired) electrons. The smallest absolute Gasteiger partial charge is 0.217 e. The molecule has 0 saturated heterocycles. The van der Waals surface area contributed by atoms with Gasteiger partial charge in [-0.05, 0) is 29.5 Å². The lowest BCUT2D eigenvalue weighted by molar-refractivity contribution is 0.542. The first-order valence-corrected chi connectivity index (χ1v) is 6.75. The standard InChI is InChI=1S/C16H15FN2/c17-16-11(5-3-7-18-16)9-19-15-13-8-10-4-1-2-6-12(10)14(13)15/h1-7,13-15,19H,8-9H2/t13-,14+,15-/m0/s1. The molecule has 1 fully saturated rings. The van der Waals surface area contributed by atoms with E-state index in [0.29, 0.717) is 30.0 Å². The normalized spacial score (nSPS) is 26.9. The molecule has 0 aliphatic heterocycles. The Bertz CT molecular complexity index is 626. The molecule has 2 nitrogen and oxygen atoms in total. The quantitative estimate of drug-likeness (QED) is 0.852. The van der Waals surface area contributed by atoms with Crippen LogP contribution in [0.2, 0.25) is 0 Å². The molecule has 2 aliphatic carbocycles. The highest BCUT2D eigenvalue weighted by molar-refractivity contribution is 5.45. The van der Waals surface area contributed by atoms with Crippen molar-refractivity contribution in [2.75, 3.05) is 0 Å². The third-order valence-electron chi connectivity index (χ3n) is 4.40. The monoisotopic (exact) mass is 254 g/mol. The highest BCUT2D eigenvalue weighted by Crippen LogP contribution is 2.56. The van der Waals surface area contributed by atoms with Gasteiger partial charge in [-0.2, -0.15) is 4.39 Å². The first kappa shape index (κ1) is 11.1. The SMILES string of the molecule is Fc1ncccc1CN[C@H]1[C@H]2Cc3ccccc3[C@H]21. The highest BCUT2D eigenvalue weighted by atomic mass is 19.1. The minimum Gasteiger partial charge on any atom is -0.309 e. The molecule has 2 aliphatic rings. The molecule has 3 heteroatoms. The predicted octanol–water partition coefficient (Wildman–Crippen LogP) is 2.65. The Morgan fingerprint density at radius 2 is 2.11 bits per heavy atom. The number of nitrogens with zero attached hydrogens (tertiary/aromatic N) is 1. The summed E-state index contributed by atoms with van der Waals surface area (Å²) < 4.78 is 13.4. The van der Waals surface area contributed by atoms with Crippen molar-refractivity contribution in [3.8, 4) is 0 Å². The van der Waals surface area contributed by atoms with Crippen molar-refractivity contribution in [2.45, 2.75) is 24.9 Å². The minimum atomic E-state index is -0.360. The molecule has 0 bridgehead atoms. The summed E-state index contributed by atoms with van der Waals surface area (Å²) in [6, 6.07) is 12.7. The summed E-state index contributed by atoms with van der Waals surface area (Å²) in [4.78, 5) is 3.68. The highest BCUT2D eigenvalue weighted by Gasteiger charge is 2.55. The fraction of sp³-hybridized carbons (Fsp3) is 0.312. The van der Waals surface area contributed by atoms with Gasteiger partial charge in [-0.15, -0.1) is 0 Å². The maximum Gasteiger partial charge on any atom is 0.217 e. The summed E-state index contributed by atoms with van der Waals surface area (Å²) in [7, 11) is 0. The van der Waals surface area contributed by atoms with Crippen molar-refractivity contribution in [1.82, 2.24) is 10.3 Å². The maximum absolute atomic E-state index is 13.4. The van der Waals surface area contributed by atoms with Gasteiger partial charge in [0.15, 0.2) is 0 Å². The van der Waals surface area contributed by atoms with Gasteiger partial charge in [0.1, 0.15) is 0 Å². The number of aromatic nitrogens is 1. The van der Waals surface area contributed by atoms with Crippen LogP contribution in [-0.4, -0.2) is 11.0 Å². The van der Waals surface area contributed by atoms with Crippen molar-refractivity contribution >= 4 is 0 Å². The van der Waals surface area contributed by atoms with Gasteiger partial charge in [0.2, 0.25) is 5.95 Å². The summed E-state index contributed by atoms with van der Waals surface area (Å²) in [5.74, 6) is 0.981. The average molecular weight is 254 g/mol. The molecule has 4 rings (SSSR count). The molecule has 1 aromatic carbocycles. The van der Waals surface area contributed by atoms with Gasteiger partial charge in [0.25, 0.3) is 0 Å². The third kappa shape index (κ3) is 1.77. The summed E-state index contributed by atoms with van der Waals surface area (Å²) in [5, 5.41) is 3.48. The van der Waals surface area contributed by atoms with E-state index in [9.17, 15) is 4.39 Å². The number of nitrogens with one attached hydrogen (secondary N) is 1. The van der Waals surface area contributed by atoms with E-state index in [4.69, 9.17) is 0 Å². The number of fused-ring (bicyclic) bond motifs is 3. The third-order valence-corrected chi connectivity index (χ3v) is 4.40. The Hall–Kier alpha value is -1.74. The van der Waals surface area contributed by atoms with Gasteiger partial charge in [0, 0.05) is 30.3 Å². The molecular weight excluding hydrogens is 239 g/mol. The largest absolute Gasteiger partial charge is 0.309 e. The second-order valence-electron chi connectivity index (χ2n) is 5.45. The van der Waals surface area contributed by atoms with E-state index in [1.54, 1.807) is 12.1 Å². The van der Waals surface area contributed by atoms with Gasteiger partial charge in [-0.1, -0.05) is 30.3 Å². The van der Waals surface area contributed by atoms with E-state index in [1.165, 1.54) is 17.3 Å². The van der Waals surface area contributed by atoms with Crippen molar-refractivity contribution in [2.24, 2.45) is 5.92 Å². The van der Waals surface area contributed by atoms with Crippen molar-refractivity contribution in [3.63, 3.8) is 0 Å². The van der Waals surface area contributed by atoms with Crippen LogP contribution in [-0.2, 0) is 13.0 Å². The number of hydrogen-bond acceptors (Lipinski definition) is 2. The molecule has 1 heterocycles. The molecule has 19 heavy (non-hydrogen) atoms. The fourth-order valence-corrected chi connectivity index (χ4v) is 3.41. The summed E-state index contributed by atoms with van der Waals surface area (Å²) >= 11 is 0. The first-order chi connectivity index (χ1) is 9.34. The number of benzene rings is 1. The lowest BCUT2D eigenvalue weighted by Crippen LogP contribution is -2.21. The van der Waals surface area contributed by atoms with Gasteiger partial charge in [-0.3, -0.25) is 0 Å². The molecule has 0 amide bonds. The number of pyridine rings is 1. The van der Waals surface area contributed by atoms with Crippen molar-refractivity contribution < 1.29 is 4.39 Å². The number of hydrogen-bond donors (Lipinski definition) is 1. The molecular formula is C16H15FN2. The number of rotatable bonds is 3. The van der Waals surface area contributed by atoms with Gasteiger partial charge in [-0.25, -0.2) is 4.98 Å². The Morgan fingerprint density at radius 1 is 1.21 bits per heavy atom. The second-order valence-corrected chi connectivity index (χ2v) is 5.45. The first-order valence-electron chi connectivity index (χ1n) is 6.75. The van der Waals surface area contributed by atoms with Crippen LogP contribution in [0, 0.1) is 11.9 Å². The topological polar surface area (TPSA) is 24.9 Å². The lowest BCUT2D eigenvalue weighted by Gasteiger charge is -2.09. The van der Waals surface area contributed by atoms with E-state index in [0.717, 1.165) is 6.42 Å². The zero-order valence-corrected chi connectivity index (χ0v) is 10.5. The van der Waals surface area contributed by atoms with Crippen molar-refractivity contribution in [3.05, 3.63) is 65.2 Å². The maximum atomic E-state index is 13.4. The predicted molar refractivity (Wildman–Crippen MR) is 71.2 cm³/mol. The second kappa shape index (κ2) is 4.14. The van der Waals surface area contributed by atoms with Crippen LogP contribution in [0.3, 0.4) is 0 Å². The molecule has 1 saturated carbocycles. The Morgan fingerprint density at radius 3 is 3.00 bits per heavy atom. The van der Waals surface area contributed by atoms with E-state index in [2.05, 4.69) is 34.6 Å². The lowest BCUT2D eigenvalue weighted by atomic mass is 10.1. The fourth-order valence-electron chi connectivity index (χ4n) is 3.41. The van der Waals surface area contributed by atoms with Crippen LogP contribution in [0.25, 0.3) is 0 Å². The molecule has 96 valence electrons. The van der Waals surface area contributed by atoms with Crippen LogP contribution in [0.1, 0.15) is 22.6 Å². The Kier molecular flexibility index (Phi) is 2.42. The molecule has 2 aromatic rings. The van der Waals surface area contributed by atoms with E-state index in [1.807, 2.05) is 0 Å². The zero-order valence-electron chi connectivity index (χ0n) is 10.5. The molecule has 0 spiro atoms. The molecule has 0 unspecified atom stereocenters. The number of halogens is 1. The summed E-state index contributed by atoms with van der Waals surface area (Å²) in [5.41, 5.74) is 3.63. The van der Waals surface area contributed by atoms with E-state index < -0.39 is 0 Å². The molecule has 3 atom stereocenters. The van der Waals surface area contributed by atoms with E-state index >= 15 is 0 Å². The Labute approximate surface area is 111 Å². The van der Waals surface area contributed by atoms with Crippen LogP contribution >= 0.6 is 0 Å². The van der Waals surface area contributed by atoms with Crippen LogP contribution < -0.4 is 5.32 Å². The minimum absolute atomic E-state index is 0.360. The summed E-state index contributed by atoms with van der Waals surface area (Å²) in [6.07, 6.45) is 2.65. The molecule has 1 aromatic heterocycles. The van der Waals surface area contributed by atoms with Gasteiger partial charge in [0.05, 0.1) is 0 Å². The summed E-state index contributed by atoms with van der Waals surface area (Å²) in [6.45, 7) is 0.569.